The van der Waals surface area contributed by atoms with E-state index in [1.807, 2.05) is 12.1 Å². The lowest BCUT2D eigenvalue weighted by Gasteiger charge is -2.34. The number of amides is 1. The predicted molar refractivity (Wildman–Crippen MR) is 97.0 cm³/mol. The van der Waals surface area contributed by atoms with E-state index in [0.29, 0.717) is 23.9 Å². The molecule has 1 aliphatic rings. The summed E-state index contributed by atoms with van der Waals surface area (Å²) < 4.78 is 1.55. The van der Waals surface area contributed by atoms with Crippen LogP contribution in [-0.2, 0) is 11.5 Å². The maximum atomic E-state index is 12.2. The highest BCUT2D eigenvalue weighted by molar-refractivity contribution is 6.33. The molecule has 2 heterocycles. The van der Waals surface area contributed by atoms with Crippen LogP contribution in [0.1, 0.15) is 0 Å². The third-order valence-electron chi connectivity index (χ3n) is 4.16. The minimum absolute atomic E-state index is 0.0140. The summed E-state index contributed by atoms with van der Waals surface area (Å²) in [6, 6.07) is 7.13. The number of aromatic nitrogens is 2. The van der Waals surface area contributed by atoms with E-state index in [2.05, 4.69) is 20.2 Å². The number of carbonyl (C=O) groups is 1. The highest BCUT2D eigenvalue weighted by atomic mass is 35.5. The first-order valence-corrected chi connectivity index (χ1v) is 8.55. The fourth-order valence-corrected chi connectivity index (χ4v) is 2.96. The van der Waals surface area contributed by atoms with Crippen LogP contribution in [0.5, 0.6) is 0 Å². The molecule has 1 N–H and O–H groups in total. The number of hydrogen-bond acceptors (Lipinski definition) is 6. The molecule has 0 atom stereocenters. The summed E-state index contributed by atoms with van der Waals surface area (Å²) in [6.07, 6.45) is 2.67. The third kappa shape index (κ3) is 4.78. The van der Waals surface area contributed by atoms with Crippen molar-refractivity contribution < 1.29 is 9.72 Å². The van der Waals surface area contributed by atoms with Gasteiger partial charge < -0.3 is 5.32 Å². The van der Waals surface area contributed by atoms with Crippen molar-refractivity contribution >= 4 is 28.9 Å². The summed E-state index contributed by atoms with van der Waals surface area (Å²) in [5.41, 5.74) is 0.595. The number of hydrogen-bond donors (Lipinski definition) is 1. The molecular weight excluding hydrogens is 360 g/mol. The van der Waals surface area contributed by atoms with Crippen LogP contribution in [0.3, 0.4) is 0 Å². The summed E-state index contributed by atoms with van der Waals surface area (Å²) in [6.45, 7) is 3.78. The van der Waals surface area contributed by atoms with Crippen molar-refractivity contribution in [1.82, 2.24) is 19.6 Å². The highest BCUT2D eigenvalue weighted by Gasteiger charge is 2.20. The smallest absolute Gasteiger partial charge is 0.307 e. The molecule has 1 amide bonds. The molecule has 1 aromatic carbocycles. The zero-order chi connectivity index (χ0) is 18.5. The van der Waals surface area contributed by atoms with E-state index in [0.717, 1.165) is 26.2 Å². The van der Waals surface area contributed by atoms with Gasteiger partial charge in [-0.2, -0.15) is 5.10 Å². The van der Waals surface area contributed by atoms with Crippen molar-refractivity contribution in [2.45, 2.75) is 6.67 Å². The van der Waals surface area contributed by atoms with Gasteiger partial charge in [0.1, 0.15) is 12.4 Å². The zero-order valence-corrected chi connectivity index (χ0v) is 14.8. The third-order valence-corrected chi connectivity index (χ3v) is 4.48. The van der Waals surface area contributed by atoms with Crippen molar-refractivity contribution in [2.75, 3.05) is 38.0 Å². The normalized spacial score (nSPS) is 15.7. The van der Waals surface area contributed by atoms with Crippen molar-refractivity contribution in [1.29, 1.82) is 0 Å². The van der Waals surface area contributed by atoms with Crippen LogP contribution in [0.4, 0.5) is 11.4 Å². The van der Waals surface area contributed by atoms with Gasteiger partial charge in [-0.3, -0.25) is 29.4 Å². The molecule has 0 spiro atoms. The van der Waals surface area contributed by atoms with Crippen LogP contribution < -0.4 is 5.32 Å². The molecule has 3 rings (SSSR count). The van der Waals surface area contributed by atoms with Gasteiger partial charge in [-0.15, -0.1) is 0 Å². The SMILES string of the molecule is O=C(CN1CCN(Cn2cc([N+](=O)[O-])cn2)CC1)Nc1ccccc1Cl. The summed E-state index contributed by atoms with van der Waals surface area (Å²) in [5.74, 6) is -0.103. The average Bonchev–Trinajstić information content (AvgIpc) is 3.07. The highest BCUT2D eigenvalue weighted by Crippen LogP contribution is 2.20. The average molecular weight is 379 g/mol. The molecular formula is C16H19ClN6O3. The van der Waals surface area contributed by atoms with Crippen molar-refractivity contribution in [3.8, 4) is 0 Å². The zero-order valence-electron chi connectivity index (χ0n) is 14.0. The van der Waals surface area contributed by atoms with E-state index < -0.39 is 4.92 Å². The summed E-state index contributed by atoms with van der Waals surface area (Å²) >= 11 is 6.04. The van der Waals surface area contributed by atoms with Crippen LogP contribution in [0.25, 0.3) is 0 Å². The lowest BCUT2D eigenvalue weighted by atomic mass is 10.3. The van der Waals surface area contributed by atoms with E-state index in [-0.39, 0.29) is 11.6 Å². The molecule has 26 heavy (non-hydrogen) atoms. The first kappa shape index (κ1) is 18.3. The number of rotatable bonds is 6. The number of para-hydroxylation sites is 1. The standard InChI is InChI=1S/C16H19ClN6O3/c17-14-3-1-2-4-15(14)19-16(24)11-20-5-7-21(8-6-20)12-22-10-13(9-18-22)23(25)26/h1-4,9-10H,5-8,11-12H2,(H,19,24). The molecule has 138 valence electrons. The van der Waals surface area contributed by atoms with E-state index in [1.54, 1.807) is 16.8 Å². The first-order chi connectivity index (χ1) is 12.5. The minimum atomic E-state index is -0.459. The fourth-order valence-electron chi connectivity index (χ4n) is 2.77. The molecule has 0 aliphatic carbocycles. The van der Waals surface area contributed by atoms with Gasteiger partial charge in [-0.1, -0.05) is 23.7 Å². The van der Waals surface area contributed by atoms with Crippen molar-refractivity contribution in [3.63, 3.8) is 0 Å². The monoisotopic (exact) mass is 378 g/mol. The number of halogens is 1. The predicted octanol–water partition coefficient (Wildman–Crippen LogP) is 1.66. The molecule has 9 nitrogen and oxygen atoms in total. The Hall–Kier alpha value is -2.49. The second kappa shape index (κ2) is 8.26. The van der Waals surface area contributed by atoms with Crippen molar-refractivity contribution in [3.05, 3.63) is 51.8 Å². The minimum Gasteiger partial charge on any atom is -0.324 e. The molecule has 0 bridgehead atoms. The molecule has 2 aromatic rings. The Bertz CT molecular complexity index is 788. The summed E-state index contributed by atoms with van der Waals surface area (Å²) in [7, 11) is 0. The molecule has 0 unspecified atom stereocenters. The number of nitro groups is 1. The number of nitrogens with zero attached hydrogens (tertiary/aromatic N) is 5. The Labute approximate surface area is 155 Å². The van der Waals surface area contributed by atoms with Gasteiger partial charge in [0.25, 0.3) is 0 Å². The molecule has 1 saturated heterocycles. The van der Waals surface area contributed by atoms with E-state index in [1.165, 1.54) is 12.4 Å². The fraction of sp³-hybridized carbons (Fsp3) is 0.375. The maximum absolute atomic E-state index is 12.2. The summed E-state index contributed by atoms with van der Waals surface area (Å²) in [4.78, 5) is 26.6. The van der Waals surface area contributed by atoms with Crippen LogP contribution >= 0.6 is 11.6 Å². The number of piperazine rings is 1. The Kier molecular flexibility index (Phi) is 5.82. The number of anilines is 1. The quantitative estimate of drug-likeness (QED) is 0.606. The molecule has 0 radical (unpaired) electrons. The largest absolute Gasteiger partial charge is 0.324 e. The Morgan fingerprint density at radius 2 is 1.92 bits per heavy atom. The first-order valence-electron chi connectivity index (χ1n) is 8.17. The number of carbonyl (C=O) groups excluding carboxylic acids is 1. The molecule has 10 heteroatoms. The number of benzene rings is 1. The molecule has 1 aliphatic heterocycles. The molecule has 1 aromatic heterocycles. The topological polar surface area (TPSA) is 96.5 Å². The van der Waals surface area contributed by atoms with Gasteiger partial charge in [0.05, 0.1) is 28.8 Å². The van der Waals surface area contributed by atoms with Gasteiger partial charge >= 0.3 is 5.69 Å². The Balaban J connectivity index is 1.44. The van der Waals surface area contributed by atoms with Gasteiger partial charge in [0.2, 0.25) is 5.91 Å². The van der Waals surface area contributed by atoms with E-state index in [4.69, 9.17) is 11.6 Å². The van der Waals surface area contributed by atoms with E-state index in [9.17, 15) is 14.9 Å². The van der Waals surface area contributed by atoms with Crippen molar-refractivity contribution in [2.24, 2.45) is 0 Å². The van der Waals surface area contributed by atoms with Gasteiger partial charge in [-0.25, -0.2) is 0 Å². The molecule has 1 fully saturated rings. The van der Waals surface area contributed by atoms with E-state index >= 15 is 0 Å². The van der Waals surface area contributed by atoms with Crippen LogP contribution in [0, 0.1) is 10.1 Å². The molecule has 0 saturated carbocycles. The van der Waals surface area contributed by atoms with Crippen LogP contribution in [-0.4, -0.2) is 63.1 Å². The van der Waals surface area contributed by atoms with Gasteiger partial charge in [-0.05, 0) is 12.1 Å². The van der Waals surface area contributed by atoms with Crippen LogP contribution in [0.2, 0.25) is 5.02 Å². The Morgan fingerprint density at radius 3 is 2.58 bits per heavy atom. The maximum Gasteiger partial charge on any atom is 0.307 e. The second-order valence-electron chi connectivity index (χ2n) is 6.06. The van der Waals surface area contributed by atoms with Crippen LogP contribution in [0.15, 0.2) is 36.7 Å². The van der Waals surface area contributed by atoms with Gasteiger partial charge in [0, 0.05) is 26.2 Å². The van der Waals surface area contributed by atoms with Gasteiger partial charge in [0.15, 0.2) is 0 Å². The second-order valence-corrected chi connectivity index (χ2v) is 6.47. The Morgan fingerprint density at radius 1 is 1.23 bits per heavy atom. The summed E-state index contributed by atoms with van der Waals surface area (Å²) in [5, 5.41) is 18.0. The number of nitrogens with one attached hydrogen (secondary N) is 1. The lowest BCUT2D eigenvalue weighted by Crippen LogP contribution is -2.48. The lowest BCUT2D eigenvalue weighted by molar-refractivity contribution is -0.385.